The minimum absolute atomic E-state index is 0.739. The van der Waals surface area contributed by atoms with Crippen molar-refractivity contribution in [3.63, 3.8) is 0 Å². The first kappa shape index (κ1) is 15.5. The molecule has 112 valence electrons. The van der Waals surface area contributed by atoms with E-state index in [1.807, 2.05) is 0 Å². The Morgan fingerprint density at radius 1 is 0.905 bits per heavy atom. The minimum atomic E-state index is -1.68. The number of hydrogen-bond donors (Lipinski definition) is 2. The number of phenols is 2. The van der Waals surface area contributed by atoms with E-state index in [1.165, 1.54) is 0 Å². The van der Waals surface area contributed by atoms with Crippen molar-refractivity contribution in [1.29, 1.82) is 0 Å². The summed E-state index contributed by atoms with van der Waals surface area (Å²) < 4.78 is 4.23. The van der Waals surface area contributed by atoms with E-state index in [4.69, 9.17) is 0 Å². The van der Waals surface area contributed by atoms with Crippen molar-refractivity contribution in [2.75, 3.05) is 0 Å². The van der Waals surface area contributed by atoms with Crippen LogP contribution in [0.15, 0.2) is 0 Å². The Morgan fingerprint density at radius 3 is 1.48 bits per heavy atom. The lowest BCUT2D eigenvalue weighted by atomic mass is 10.1. The molecule has 0 fully saturated rings. The smallest absolute Gasteiger partial charge is 0.367 e. The third-order valence-corrected chi connectivity index (χ3v) is 2.12. The lowest BCUT2D eigenvalue weighted by Crippen LogP contribution is -2.08. The molecule has 0 aliphatic carbocycles. The van der Waals surface area contributed by atoms with Crippen molar-refractivity contribution in [3.8, 4) is 17.2 Å². The summed E-state index contributed by atoms with van der Waals surface area (Å²) in [6.45, 7) is 0.739. The zero-order valence-corrected chi connectivity index (χ0v) is 10.0. The summed E-state index contributed by atoms with van der Waals surface area (Å²) in [5.41, 5.74) is -4.81. The number of nitro groups is 3. The first-order valence-corrected chi connectivity index (χ1v) is 4.83. The standard InChI is InChI=1S/C8H5N3O10/c1-2(12)21-8-4(10(17)18)6(13)3(9(15)16)7(14)5(8)11(19)20/h13-14H,1H3. The predicted octanol–water partition coefficient (Wildman–Crippen LogP) is 0.748. The van der Waals surface area contributed by atoms with Crippen LogP contribution in [0.3, 0.4) is 0 Å². The van der Waals surface area contributed by atoms with Gasteiger partial charge in [-0.15, -0.1) is 0 Å². The fourth-order valence-electron chi connectivity index (χ4n) is 1.42. The van der Waals surface area contributed by atoms with E-state index in [2.05, 4.69) is 4.74 Å². The zero-order chi connectivity index (χ0) is 16.5. The minimum Gasteiger partial charge on any atom is -0.497 e. The van der Waals surface area contributed by atoms with Crippen molar-refractivity contribution < 1.29 is 34.5 Å². The molecule has 0 unspecified atom stereocenters. The zero-order valence-electron chi connectivity index (χ0n) is 10.0. The predicted molar refractivity (Wildman–Crippen MR) is 61.0 cm³/mol. The van der Waals surface area contributed by atoms with Crippen LogP contribution in [0.5, 0.6) is 17.2 Å². The van der Waals surface area contributed by atoms with Crippen LogP contribution in [-0.4, -0.2) is 31.0 Å². The highest BCUT2D eigenvalue weighted by molar-refractivity contribution is 5.84. The van der Waals surface area contributed by atoms with Crippen LogP contribution in [-0.2, 0) is 4.79 Å². The summed E-state index contributed by atoms with van der Waals surface area (Å²) in [5, 5.41) is 51.2. The molecule has 2 N–H and O–H groups in total. The molecule has 0 aromatic heterocycles. The normalized spacial score (nSPS) is 9.95. The highest BCUT2D eigenvalue weighted by Gasteiger charge is 2.44. The Balaban J connectivity index is 4.00. The van der Waals surface area contributed by atoms with Gasteiger partial charge in [0.2, 0.25) is 0 Å². The highest BCUT2D eigenvalue weighted by atomic mass is 16.6. The number of rotatable bonds is 4. The van der Waals surface area contributed by atoms with Crippen LogP contribution in [0.25, 0.3) is 0 Å². The van der Waals surface area contributed by atoms with Crippen LogP contribution in [0.2, 0.25) is 0 Å². The van der Waals surface area contributed by atoms with Crippen molar-refractivity contribution >= 4 is 23.0 Å². The van der Waals surface area contributed by atoms with Crippen LogP contribution in [0.4, 0.5) is 17.1 Å². The molecule has 0 atom stereocenters. The summed E-state index contributed by atoms with van der Waals surface area (Å²) in [6.07, 6.45) is 0. The molecular formula is C8H5N3O10. The van der Waals surface area contributed by atoms with Crippen LogP contribution in [0, 0.1) is 30.3 Å². The molecule has 0 aliphatic rings. The number of esters is 1. The molecule has 0 amide bonds. The van der Waals surface area contributed by atoms with Gasteiger partial charge >= 0.3 is 23.0 Å². The number of hydrogen-bond acceptors (Lipinski definition) is 10. The van der Waals surface area contributed by atoms with Gasteiger partial charge in [0.15, 0.2) is 0 Å². The quantitative estimate of drug-likeness (QED) is 0.346. The molecule has 0 spiro atoms. The Morgan fingerprint density at radius 2 is 1.24 bits per heavy atom. The molecule has 13 heteroatoms. The second-order valence-electron chi connectivity index (χ2n) is 3.44. The third-order valence-electron chi connectivity index (χ3n) is 2.12. The second kappa shape index (κ2) is 5.24. The fourth-order valence-corrected chi connectivity index (χ4v) is 1.42. The average molecular weight is 303 g/mol. The summed E-state index contributed by atoms with van der Waals surface area (Å²) >= 11 is 0. The summed E-state index contributed by atoms with van der Waals surface area (Å²) in [7, 11) is 0. The Kier molecular flexibility index (Phi) is 3.88. The van der Waals surface area contributed by atoms with Gasteiger partial charge in [0, 0.05) is 6.92 Å². The maximum atomic E-state index is 10.8. The van der Waals surface area contributed by atoms with Crippen molar-refractivity contribution in [1.82, 2.24) is 0 Å². The van der Waals surface area contributed by atoms with Gasteiger partial charge in [-0.05, 0) is 0 Å². The maximum absolute atomic E-state index is 10.8. The van der Waals surface area contributed by atoms with E-state index in [1.54, 1.807) is 0 Å². The summed E-state index contributed by atoms with van der Waals surface area (Å²) in [6, 6.07) is 0. The van der Waals surface area contributed by atoms with Crippen molar-refractivity contribution in [3.05, 3.63) is 30.3 Å². The Bertz CT molecular complexity index is 640. The van der Waals surface area contributed by atoms with Gasteiger partial charge in [-0.1, -0.05) is 0 Å². The van der Waals surface area contributed by atoms with Gasteiger partial charge in [0.1, 0.15) is 0 Å². The number of carbonyl (C=O) groups is 1. The molecular weight excluding hydrogens is 298 g/mol. The van der Waals surface area contributed by atoms with Crippen LogP contribution < -0.4 is 4.74 Å². The monoisotopic (exact) mass is 303 g/mol. The molecule has 0 aliphatic heterocycles. The van der Waals surface area contributed by atoms with Gasteiger partial charge < -0.3 is 14.9 Å². The molecule has 1 aromatic rings. The average Bonchev–Trinajstić information content (AvgIpc) is 2.25. The molecule has 0 heterocycles. The second-order valence-corrected chi connectivity index (χ2v) is 3.44. The van der Waals surface area contributed by atoms with Crippen molar-refractivity contribution in [2.24, 2.45) is 0 Å². The van der Waals surface area contributed by atoms with E-state index in [9.17, 15) is 45.4 Å². The first-order valence-electron chi connectivity index (χ1n) is 4.83. The Labute approximate surface area is 113 Å². The summed E-state index contributed by atoms with van der Waals surface area (Å²) in [4.78, 5) is 38.8. The lowest BCUT2D eigenvalue weighted by Gasteiger charge is -2.07. The summed E-state index contributed by atoms with van der Waals surface area (Å²) in [5.74, 6) is -6.00. The number of nitro benzene ring substituents is 3. The van der Waals surface area contributed by atoms with E-state index in [-0.39, 0.29) is 0 Å². The van der Waals surface area contributed by atoms with Gasteiger partial charge in [-0.25, -0.2) is 0 Å². The lowest BCUT2D eigenvalue weighted by molar-refractivity contribution is -0.406. The van der Waals surface area contributed by atoms with Gasteiger partial charge in [0.05, 0.1) is 14.8 Å². The van der Waals surface area contributed by atoms with Gasteiger partial charge in [-0.2, -0.15) is 0 Å². The molecule has 0 saturated heterocycles. The molecule has 0 saturated carbocycles. The molecule has 1 rings (SSSR count). The van der Waals surface area contributed by atoms with Gasteiger partial charge in [0.25, 0.3) is 17.2 Å². The highest BCUT2D eigenvalue weighted by Crippen LogP contribution is 2.55. The number of nitrogens with zero attached hydrogens (tertiary/aromatic N) is 3. The van der Waals surface area contributed by atoms with E-state index in [0.717, 1.165) is 6.92 Å². The first-order chi connectivity index (χ1) is 9.59. The number of aromatic hydroxyl groups is 2. The molecule has 0 bridgehead atoms. The Hall–Kier alpha value is -3.51. The largest absolute Gasteiger partial charge is 0.497 e. The number of benzene rings is 1. The van der Waals surface area contributed by atoms with Crippen LogP contribution in [0.1, 0.15) is 6.92 Å². The molecule has 1 aromatic carbocycles. The maximum Gasteiger partial charge on any atom is 0.367 e. The molecule has 13 nitrogen and oxygen atoms in total. The number of carbonyl (C=O) groups excluding carboxylic acids is 1. The van der Waals surface area contributed by atoms with E-state index < -0.39 is 55.0 Å². The van der Waals surface area contributed by atoms with E-state index in [0.29, 0.717) is 0 Å². The topological polar surface area (TPSA) is 196 Å². The number of phenolic OH excluding ortho intramolecular Hbond substituents is 2. The molecule has 21 heavy (non-hydrogen) atoms. The molecule has 0 radical (unpaired) electrons. The SMILES string of the molecule is CC(=O)Oc1c([N+](=O)[O-])c(O)c([N+](=O)[O-])c(O)c1[N+](=O)[O-]. The fraction of sp³-hybridized carbons (Fsp3) is 0.125. The van der Waals surface area contributed by atoms with Crippen molar-refractivity contribution in [2.45, 2.75) is 6.92 Å². The third kappa shape index (κ3) is 2.60. The van der Waals surface area contributed by atoms with Crippen LogP contribution >= 0.6 is 0 Å². The van der Waals surface area contributed by atoms with E-state index >= 15 is 0 Å². The van der Waals surface area contributed by atoms with Gasteiger partial charge in [-0.3, -0.25) is 35.1 Å². The number of ether oxygens (including phenoxy) is 1.